The maximum atomic E-state index is 13.2. The fourth-order valence-corrected chi connectivity index (χ4v) is 7.35. The summed E-state index contributed by atoms with van der Waals surface area (Å²) in [6.45, 7) is 17.7. The number of hydrogen-bond acceptors (Lipinski definition) is 15. The molecule has 5 rings (SSSR count). The summed E-state index contributed by atoms with van der Waals surface area (Å²) < 4.78 is 47.6. The van der Waals surface area contributed by atoms with Gasteiger partial charge in [0.15, 0.2) is 11.5 Å². The number of carbonyl (C=O) groups is 4. The maximum absolute atomic E-state index is 13.2. The van der Waals surface area contributed by atoms with Crippen molar-refractivity contribution in [2.75, 3.05) is 117 Å². The lowest BCUT2D eigenvalue weighted by atomic mass is 9.80. The predicted molar refractivity (Wildman–Crippen MR) is 284 cm³/mol. The van der Waals surface area contributed by atoms with Gasteiger partial charge >= 0.3 is 0 Å². The van der Waals surface area contributed by atoms with E-state index in [4.69, 9.17) is 37.9 Å². The highest BCUT2D eigenvalue weighted by atomic mass is 16.6. The Balaban J connectivity index is 0.929. The minimum atomic E-state index is -0.611. The Kier molecular flexibility index (Phi) is 25.4. The van der Waals surface area contributed by atoms with Gasteiger partial charge in [-0.05, 0) is 77.6 Å². The molecule has 1 aromatic heterocycles. The number of carbonyl (C=O) groups excluding carboxylic acids is 4. The Morgan fingerprint density at radius 1 is 0.533 bits per heavy atom. The minimum absolute atomic E-state index is 0.0815. The number of fused-ring (bicyclic) bond motifs is 3. The molecule has 0 saturated heterocycles. The number of rotatable bonds is 18. The summed E-state index contributed by atoms with van der Waals surface area (Å²) in [5, 5.41) is 22.3. The number of nitrogens with zero attached hydrogens (tertiary/aromatic N) is 3. The molecule has 20 heteroatoms. The van der Waals surface area contributed by atoms with Crippen LogP contribution in [-0.4, -0.2) is 151 Å². The van der Waals surface area contributed by atoms with Crippen molar-refractivity contribution in [2.24, 2.45) is 0 Å². The minimum Gasteiger partial charge on any atom is -0.491 e. The molecule has 2 heterocycles. The second kappa shape index (κ2) is 32.1. The molecule has 0 spiro atoms. The third kappa shape index (κ3) is 23.7. The van der Waals surface area contributed by atoms with Crippen LogP contribution in [0.1, 0.15) is 94.4 Å². The van der Waals surface area contributed by atoms with Gasteiger partial charge in [0.25, 0.3) is 5.91 Å². The third-order valence-corrected chi connectivity index (χ3v) is 11.6. The topological polar surface area (TPSA) is 233 Å². The molecule has 4 amide bonds. The van der Waals surface area contributed by atoms with E-state index in [9.17, 15) is 19.2 Å². The van der Waals surface area contributed by atoms with E-state index in [1.165, 1.54) is 28.9 Å². The van der Waals surface area contributed by atoms with Crippen LogP contribution < -0.4 is 45.5 Å². The average molecular weight is 1050 g/mol. The molecule has 0 fully saturated rings. The first kappa shape index (κ1) is 59.4. The molecule has 20 nitrogen and oxygen atoms in total. The van der Waals surface area contributed by atoms with Crippen molar-refractivity contribution in [1.29, 1.82) is 0 Å². The van der Waals surface area contributed by atoms with Crippen LogP contribution in [0.15, 0.2) is 66.9 Å². The zero-order chi connectivity index (χ0) is 53.7. The molecule has 75 heavy (non-hydrogen) atoms. The Morgan fingerprint density at radius 2 is 1.01 bits per heavy atom. The van der Waals surface area contributed by atoms with Gasteiger partial charge in [0.05, 0.1) is 84.7 Å². The predicted octanol–water partition coefficient (Wildman–Crippen LogP) is 5.16. The van der Waals surface area contributed by atoms with Gasteiger partial charge in [-0.1, -0.05) is 77.8 Å². The second-order valence-electron chi connectivity index (χ2n) is 19.9. The molecule has 0 atom stereocenters. The number of unbranched alkanes of at least 4 members (excludes halogenated alkanes) is 3. The number of anilines is 1. The molecule has 2 bridgehead atoms. The van der Waals surface area contributed by atoms with Crippen molar-refractivity contribution in [1.82, 2.24) is 36.3 Å². The van der Waals surface area contributed by atoms with E-state index in [-0.39, 0.29) is 49.4 Å². The molecule has 0 unspecified atom stereocenters. The molecule has 412 valence electrons. The van der Waals surface area contributed by atoms with Crippen LogP contribution in [0, 0.1) is 0 Å². The monoisotopic (exact) mass is 1040 g/mol. The molecule has 5 N–H and O–H groups in total. The first-order valence-electron chi connectivity index (χ1n) is 26.1. The number of amides is 4. The maximum Gasteiger partial charge on any atom is 0.251 e. The first-order chi connectivity index (χ1) is 36.1. The van der Waals surface area contributed by atoms with E-state index in [1.54, 1.807) is 10.7 Å². The molecule has 1 aliphatic heterocycles. The van der Waals surface area contributed by atoms with Crippen molar-refractivity contribution >= 4 is 29.3 Å². The standard InChI is InChI=1S/C55H80N8O12/c1-54(2,3)42-33-43(55(4,5)6)35-45(34-42)56-16-12-8-7-9-13-44-40-63(62-61-44)18-17-57-50(64)37-58-51(65)38-59-52(66)39-60-53(67)41-31-46-36-47(32-41)73-28-24-69-20-22-71-26-30-75-49-15-11-10-14-48(49)74-29-25-70-21-19-68-23-27-72-46/h10-11,14-15,31-36,40,56H,7-9,12-13,16-30,37-39H2,1-6H3,(H,57,64)(H,58,65)(H,59,66)(H,60,67). The van der Waals surface area contributed by atoms with Gasteiger partial charge in [0.2, 0.25) is 17.7 Å². The lowest BCUT2D eigenvalue weighted by Crippen LogP contribution is -2.44. The zero-order valence-electron chi connectivity index (χ0n) is 44.9. The van der Waals surface area contributed by atoms with E-state index >= 15 is 0 Å². The van der Waals surface area contributed by atoms with Gasteiger partial charge in [-0.25, -0.2) is 0 Å². The van der Waals surface area contributed by atoms with Crippen molar-refractivity contribution in [2.45, 2.75) is 91.0 Å². The van der Waals surface area contributed by atoms with E-state index < -0.39 is 36.7 Å². The highest BCUT2D eigenvalue weighted by Crippen LogP contribution is 2.32. The highest BCUT2D eigenvalue weighted by Gasteiger charge is 2.21. The zero-order valence-corrected chi connectivity index (χ0v) is 44.9. The van der Waals surface area contributed by atoms with Crippen LogP contribution in [-0.2, 0) is 57.1 Å². The van der Waals surface area contributed by atoms with Crippen molar-refractivity contribution in [3.05, 3.63) is 89.2 Å². The van der Waals surface area contributed by atoms with Gasteiger partial charge < -0.3 is 64.5 Å². The SMILES string of the molecule is CC(C)(C)c1cc(NCCCCCCc2cn(CCNC(=O)CNC(=O)CNC(=O)CNC(=O)c3cc4cc(c3)OCCOCCOCCOc3ccccc3OCCOCCOCCO4)nn2)cc(C(C)(C)C)c1. The van der Waals surface area contributed by atoms with Crippen LogP contribution in [0.3, 0.4) is 0 Å². The number of ether oxygens (including phenoxy) is 8. The van der Waals surface area contributed by atoms with Gasteiger partial charge in [-0.3, -0.25) is 23.9 Å². The lowest BCUT2D eigenvalue weighted by Gasteiger charge is -2.26. The molecule has 0 radical (unpaired) electrons. The Bertz CT molecular complexity index is 2270. The molecular weight excluding hydrogens is 965 g/mol. The summed E-state index contributed by atoms with van der Waals surface area (Å²) in [5.74, 6) is -0.233. The second-order valence-corrected chi connectivity index (χ2v) is 19.9. The number of aromatic nitrogens is 3. The molecular formula is C55H80N8O12. The lowest BCUT2D eigenvalue weighted by molar-refractivity contribution is -0.127. The summed E-state index contributed by atoms with van der Waals surface area (Å²) in [6.07, 6.45) is 7.00. The summed E-state index contributed by atoms with van der Waals surface area (Å²) in [6, 6.07) is 19.0. The summed E-state index contributed by atoms with van der Waals surface area (Å²) in [7, 11) is 0. The van der Waals surface area contributed by atoms with Gasteiger partial charge in [0.1, 0.15) is 37.9 Å². The van der Waals surface area contributed by atoms with Crippen molar-refractivity contribution in [3.8, 4) is 23.0 Å². The Labute approximate surface area is 441 Å². The van der Waals surface area contributed by atoms with E-state index in [0.717, 1.165) is 44.3 Å². The largest absolute Gasteiger partial charge is 0.491 e. The van der Waals surface area contributed by atoms with E-state index in [0.29, 0.717) is 88.9 Å². The number of nitrogens with one attached hydrogen (secondary N) is 5. The third-order valence-electron chi connectivity index (χ3n) is 11.6. The smallest absolute Gasteiger partial charge is 0.251 e. The highest BCUT2D eigenvalue weighted by molar-refractivity contribution is 5.97. The van der Waals surface area contributed by atoms with Gasteiger partial charge in [-0.2, -0.15) is 0 Å². The fraction of sp³-hybridized carbons (Fsp3) is 0.564. The molecule has 0 saturated carbocycles. The molecule has 1 aliphatic rings. The van der Waals surface area contributed by atoms with Crippen LogP contribution in [0.5, 0.6) is 23.0 Å². The molecule has 0 aliphatic carbocycles. The van der Waals surface area contributed by atoms with Crippen LogP contribution >= 0.6 is 0 Å². The van der Waals surface area contributed by atoms with Crippen LogP contribution in [0.25, 0.3) is 0 Å². The van der Waals surface area contributed by atoms with Crippen LogP contribution in [0.2, 0.25) is 0 Å². The van der Waals surface area contributed by atoms with Gasteiger partial charge in [0, 0.05) is 36.6 Å². The summed E-state index contributed by atoms with van der Waals surface area (Å²) in [4.78, 5) is 50.7. The van der Waals surface area contributed by atoms with E-state index in [1.807, 2.05) is 30.5 Å². The van der Waals surface area contributed by atoms with Crippen molar-refractivity contribution in [3.63, 3.8) is 0 Å². The Hall–Kier alpha value is -6.48. The number of benzene rings is 3. The van der Waals surface area contributed by atoms with Crippen LogP contribution in [0.4, 0.5) is 5.69 Å². The number of aryl methyl sites for hydroxylation is 1. The fourth-order valence-electron chi connectivity index (χ4n) is 7.35. The average Bonchev–Trinajstić information content (AvgIpc) is 3.84. The Morgan fingerprint density at radius 3 is 1.55 bits per heavy atom. The molecule has 4 aromatic rings. The number of para-hydroxylation sites is 2. The first-order valence-corrected chi connectivity index (χ1v) is 26.1. The molecule has 3 aromatic carbocycles. The quantitative estimate of drug-likeness (QED) is 0.0811. The normalized spacial score (nSPS) is 14.6. The summed E-state index contributed by atoms with van der Waals surface area (Å²) >= 11 is 0. The van der Waals surface area contributed by atoms with Crippen molar-refractivity contribution < 1.29 is 57.1 Å². The summed E-state index contributed by atoms with van der Waals surface area (Å²) in [5.41, 5.74) is 5.11. The van der Waals surface area contributed by atoms with E-state index in [2.05, 4.69) is 96.6 Å². The van der Waals surface area contributed by atoms with Gasteiger partial charge in [-0.15, -0.1) is 5.10 Å². The number of hydrogen-bond donors (Lipinski definition) is 5.